The highest BCUT2D eigenvalue weighted by Gasteiger charge is 2.27. The van der Waals surface area contributed by atoms with Crippen molar-refractivity contribution in [1.82, 2.24) is 5.32 Å². The second kappa shape index (κ2) is 7.87. The lowest BCUT2D eigenvalue weighted by Gasteiger charge is -2.20. The molecule has 0 aromatic heterocycles. The van der Waals surface area contributed by atoms with Gasteiger partial charge >= 0.3 is 6.18 Å². The molecule has 6 heteroatoms. The maximum Gasteiger partial charge on any atom is 0.411 e. The van der Waals surface area contributed by atoms with E-state index in [4.69, 9.17) is 0 Å². The molecule has 0 aliphatic heterocycles. The molecular weight excluding hydrogens is 323 g/mol. The van der Waals surface area contributed by atoms with Crippen LogP contribution in [0.1, 0.15) is 24.9 Å². The van der Waals surface area contributed by atoms with Gasteiger partial charge in [-0.15, -0.1) is 0 Å². The number of alkyl halides is 3. The van der Waals surface area contributed by atoms with Crippen LogP contribution >= 0.6 is 15.9 Å². The van der Waals surface area contributed by atoms with E-state index in [0.717, 1.165) is 16.6 Å². The van der Waals surface area contributed by atoms with Crippen molar-refractivity contribution >= 4 is 15.9 Å². The number of hydrogen-bond acceptors (Lipinski definition) is 2. The van der Waals surface area contributed by atoms with Gasteiger partial charge in [0.25, 0.3) is 0 Å². The summed E-state index contributed by atoms with van der Waals surface area (Å²) in [5, 5.41) is 3.25. The molecule has 0 radical (unpaired) electrons. The number of halogens is 4. The zero-order valence-electron chi connectivity index (χ0n) is 10.6. The fraction of sp³-hybridized carbons (Fsp3) is 0.538. The molecule has 0 saturated heterocycles. The van der Waals surface area contributed by atoms with Crippen LogP contribution in [0.5, 0.6) is 0 Å². The topological polar surface area (TPSA) is 21.3 Å². The lowest BCUT2D eigenvalue weighted by atomic mass is 10.0. The quantitative estimate of drug-likeness (QED) is 0.756. The van der Waals surface area contributed by atoms with Gasteiger partial charge in [-0.3, -0.25) is 0 Å². The molecule has 1 rings (SSSR count). The fourth-order valence-corrected chi connectivity index (χ4v) is 2.32. The molecule has 0 heterocycles. The van der Waals surface area contributed by atoms with Gasteiger partial charge in [-0.05, 0) is 24.6 Å². The molecule has 0 aliphatic carbocycles. The van der Waals surface area contributed by atoms with Gasteiger partial charge in [-0.2, -0.15) is 13.2 Å². The maximum atomic E-state index is 12.0. The van der Waals surface area contributed by atoms with Crippen molar-refractivity contribution in [3.63, 3.8) is 0 Å². The van der Waals surface area contributed by atoms with Crippen LogP contribution < -0.4 is 5.32 Å². The predicted octanol–water partition coefficient (Wildman–Crippen LogP) is 4.07. The average Bonchev–Trinajstić information content (AvgIpc) is 2.33. The Kier molecular flexibility index (Phi) is 6.82. The largest absolute Gasteiger partial charge is 0.411 e. The molecule has 108 valence electrons. The number of rotatable bonds is 7. The Balaban J connectivity index is 2.52. The Bertz CT molecular complexity index is 384. The molecular formula is C13H17BrF3NO. The molecule has 1 aromatic rings. The SMILES string of the molecule is CCNC(CCOCC(F)(F)F)c1ccccc1Br. The van der Waals surface area contributed by atoms with Crippen molar-refractivity contribution in [3.05, 3.63) is 34.3 Å². The maximum absolute atomic E-state index is 12.0. The Morgan fingerprint density at radius 1 is 1.32 bits per heavy atom. The second-order valence-electron chi connectivity index (χ2n) is 4.09. The second-order valence-corrected chi connectivity index (χ2v) is 4.94. The van der Waals surface area contributed by atoms with Gasteiger partial charge in [0.2, 0.25) is 0 Å². The lowest BCUT2D eigenvalue weighted by Crippen LogP contribution is -2.24. The van der Waals surface area contributed by atoms with Crippen LogP contribution in [0.15, 0.2) is 28.7 Å². The van der Waals surface area contributed by atoms with E-state index in [1.807, 2.05) is 31.2 Å². The summed E-state index contributed by atoms with van der Waals surface area (Å²) in [6.07, 6.45) is -3.77. The molecule has 0 aliphatic rings. The summed E-state index contributed by atoms with van der Waals surface area (Å²) >= 11 is 3.45. The standard InChI is InChI=1S/C13H17BrF3NO/c1-2-18-12(7-8-19-9-13(15,16)17)10-5-3-4-6-11(10)14/h3-6,12,18H,2,7-9H2,1H3. The first-order valence-corrected chi connectivity index (χ1v) is 6.85. The molecule has 1 aromatic carbocycles. The number of nitrogens with one attached hydrogen (secondary N) is 1. The van der Waals surface area contributed by atoms with E-state index in [0.29, 0.717) is 6.42 Å². The Hall–Kier alpha value is -0.590. The van der Waals surface area contributed by atoms with Gasteiger partial charge in [0.05, 0.1) is 0 Å². The monoisotopic (exact) mass is 339 g/mol. The van der Waals surface area contributed by atoms with Crippen molar-refractivity contribution in [3.8, 4) is 0 Å². The van der Waals surface area contributed by atoms with Crippen LogP contribution in [0.4, 0.5) is 13.2 Å². The van der Waals surface area contributed by atoms with Crippen LogP contribution in [-0.4, -0.2) is 25.9 Å². The Morgan fingerprint density at radius 2 is 2.00 bits per heavy atom. The van der Waals surface area contributed by atoms with Gasteiger partial charge in [0.1, 0.15) is 6.61 Å². The highest BCUT2D eigenvalue weighted by Crippen LogP contribution is 2.25. The van der Waals surface area contributed by atoms with Crippen molar-refractivity contribution < 1.29 is 17.9 Å². The first-order valence-electron chi connectivity index (χ1n) is 6.06. The van der Waals surface area contributed by atoms with Crippen molar-refractivity contribution in [1.29, 1.82) is 0 Å². The molecule has 0 fully saturated rings. The summed E-state index contributed by atoms with van der Waals surface area (Å²) in [6.45, 7) is 1.58. The Labute approximate surface area is 119 Å². The van der Waals surface area contributed by atoms with E-state index in [-0.39, 0.29) is 12.6 Å². The van der Waals surface area contributed by atoms with Crippen LogP contribution in [0.2, 0.25) is 0 Å². The minimum Gasteiger partial charge on any atom is -0.372 e. The number of benzene rings is 1. The van der Waals surface area contributed by atoms with E-state index >= 15 is 0 Å². The molecule has 1 N–H and O–H groups in total. The normalized spacial score (nSPS) is 13.5. The number of ether oxygens (including phenoxy) is 1. The van der Waals surface area contributed by atoms with E-state index in [1.165, 1.54) is 0 Å². The van der Waals surface area contributed by atoms with Crippen molar-refractivity contribution in [2.75, 3.05) is 19.8 Å². The molecule has 0 spiro atoms. The molecule has 0 amide bonds. The Morgan fingerprint density at radius 3 is 2.58 bits per heavy atom. The predicted molar refractivity (Wildman–Crippen MR) is 72.1 cm³/mol. The lowest BCUT2D eigenvalue weighted by molar-refractivity contribution is -0.174. The van der Waals surface area contributed by atoms with Gasteiger partial charge in [0, 0.05) is 17.1 Å². The van der Waals surface area contributed by atoms with Gasteiger partial charge in [0.15, 0.2) is 0 Å². The summed E-state index contributed by atoms with van der Waals surface area (Å²) in [5.41, 5.74) is 1.03. The van der Waals surface area contributed by atoms with Gasteiger partial charge < -0.3 is 10.1 Å². The van der Waals surface area contributed by atoms with Crippen LogP contribution in [0, 0.1) is 0 Å². The van der Waals surface area contributed by atoms with Crippen LogP contribution in [0.25, 0.3) is 0 Å². The summed E-state index contributed by atoms with van der Waals surface area (Å²) < 4.78 is 41.5. The zero-order chi connectivity index (χ0) is 14.3. The molecule has 0 bridgehead atoms. The highest BCUT2D eigenvalue weighted by atomic mass is 79.9. The molecule has 19 heavy (non-hydrogen) atoms. The van der Waals surface area contributed by atoms with Crippen molar-refractivity contribution in [2.45, 2.75) is 25.6 Å². The summed E-state index contributed by atoms with van der Waals surface area (Å²) in [6, 6.07) is 7.64. The van der Waals surface area contributed by atoms with E-state index < -0.39 is 12.8 Å². The fourth-order valence-electron chi connectivity index (χ4n) is 1.76. The highest BCUT2D eigenvalue weighted by molar-refractivity contribution is 9.10. The molecule has 1 unspecified atom stereocenters. The molecule has 0 saturated carbocycles. The third-order valence-electron chi connectivity index (χ3n) is 2.55. The van der Waals surface area contributed by atoms with Crippen LogP contribution in [0.3, 0.4) is 0 Å². The van der Waals surface area contributed by atoms with E-state index in [2.05, 4.69) is 26.0 Å². The van der Waals surface area contributed by atoms with Crippen molar-refractivity contribution in [2.24, 2.45) is 0 Å². The average molecular weight is 340 g/mol. The number of hydrogen-bond donors (Lipinski definition) is 1. The first-order chi connectivity index (χ1) is 8.94. The minimum atomic E-state index is -4.26. The van der Waals surface area contributed by atoms with E-state index in [1.54, 1.807) is 0 Å². The third kappa shape index (κ3) is 6.40. The van der Waals surface area contributed by atoms with Gasteiger partial charge in [-0.1, -0.05) is 41.1 Å². The van der Waals surface area contributed by atoms with Crippen LogP contribution in [-0.2, 0) is 4.74 Å². The van der Waals surface area contributed by atoms with E-state index in [9.17, 15) is 13.2 Å². The molecule has 1 atom stereocenters. The summed E-state index contributed by atoms with van der Waals surface area (Å²) in [7, 11) is 0. The first kappa shape index (κ1) is 16.5. The zero-order valence-corrected chi connectivity index (χ0v) is 12.2. The van der Waals surface area contributed by atoms with Gasteiger partial charge in [-0.25, -0.2) is 0 Å². The minimum absolute atomic E-state index is 0.0196. The smallest absolute Gasteiger partial charge is 0.372 e. The summed E-state index contributed by atoms with van der Waals surface area (Å²) in [4.78, 5) is 0. The molecule has 2 nitrogen and oxygen atoms in total. The third-order valence-corrected chi connectivity index (χ3v) is 3.27. The summed E-state index contributed by atoms with van der Waals surface area (Å²) in [5.74, 6) is 0.